The number of aliphatic carboxylic acids is 1. The number of carbonyl (C=O) groups excluding carboxylic acids is 1. The molecule has 1 aliphatic rings. The number of carbonyl (C=O) groups is 2. The number of rotatable bonds is 3. The van der Waals surface area contributed by atoms with Gasteiger partial charge in [-0.1, -0.05) is 0 Å². The maximum absolute atomic E-state index is 12.7. The first kappa shape index (κ1) is 15.6. The first-order chi connectivity index (χ1) is 9.82. The molecule has 21 heavy (non-hydrogen) atoms. The third-order valence-corrected chi connectivity index (χ3v) is 4.29. The second kappa shape index (κ2) is 5.92. The highest BCUT2D eigenvalue weighted by Crippen LogP contribution is 2.24. The van der Waals surface area contributed by atoms with Crippen molar-refractivity contribution in [3.8, 4) is 0 Å². The molecule has 2 rings (SSSR count). The van der Waals surface area contributed by atoms with E-state index in [1.165, 1.54) is 0 Å². The van der Waals surface area contributed by atoms with Gasteiger partial charge in [-0.3, -0.25) is 9.59 Å². The van der Waals surface area contributed by atoms with Gasteiger partial charge in [0.15, 0.2) is 0 Å². The first-order valence-corrected chi connectivity index (χ1v) is 7.53. The zero-order valence-corrected chi connectivity index (χ0v) is 13.2. The lowest BCUT2D eigenvalue weighted by atomic mass is 9.97. The fourth-order valence-corrected chi connectivity index (χ4v) is 3.32. The Morgan fingerprint density at radius 2 is 2.00 bits per heavy atom. The molecule has 116 valence electrons. The van der Waals surface area contributed by atoms with Crippen LogP contribution in [-0.4, -0.2) is 39.5 Å². The van der Waals surface area contributed by atoms with Gasteiger partial charge in [-0.15, -0.1) is 0 Å². The lowest BCUT2D eigenvalue weighted by molar-refractivity contribution is -0.143. The van der Waals surface area contributed by atoms with Gasteiger partial charge in [0.25, 0.3) is 5.91 Å². The average molecular weight is 292 g/mol. The molecule has 0 radical (unpaired) electrons. The van der Waals surface area contributed by atoms with Gasteiger partial charge in [0.1, 0.15) is 0 Å². The van der Waals surface area contributed by atoms with E-state index in [1.54, 1.807) is 4.90 Å². The summed E-state index contributed by atoms with van der Waals surface area (Å²) >= 11 is 0. The molecule has 0 saturated carbocycles. The molecule has 1 atom stereocenters. The van der Waals surface area contributed by atoms with E-state index in [-0.39, 0.29) is 5.91 Å². The molecule has 0 bridgehead atoms. The number of carboxylic acid groups (broad SMARTS) is 1. The number of aromatic nitrogens is 1. The summed E-state index contributed by atoms with van der Waals surface area (Å²) in [5.74, 6) is -1.28. The molecule has 1 amide bonds. The van der Waals surface area contributed by atoms with Crippen LogP contribution in [0, 0.1) is 19.8 Å². The van der Waals surface area contributed by atoms with E-state index < -0.39 is 11.9 Å². The standard InChI is InChI=1S/C16H24N2O3/c1-10(2)18-11(3)8-14(12(18)4)15(19)17-7-5-6-13(9-17)16(20)21/h8,10,13H,5-7,9H2,1-4H3,(H,20,21). The molecule has 5 nitrogen and oxygen atoms in total. The van der Waals surface area contributed by atoms with Crippen LogP contribution in [0.3, 0.4) is 0 Å². The Balaban J connectivity index is 2.24. The van der Waals surface area contributed by atoms with Crippen molar-refractivity contribution in [2.24, 2.45) is 5.92 Å². The van der Waals surface area contributed by atoms with E-state index in [9.17, 15) is 9.59 Å². The highest BCUT2D eigenvalue weighted by molar-refractivity contribution is 5.96. The van der Waals surface area contributed by atoms with Crippen LogP contribution in [0.2, 0.25) is 0 Å². The largest absolute Gasteiger partial charge is 0.481 e. The van der Waals surface area contributed by atoms with Gasteiger partial charge in [-0.2, -0.15) is 0 Å². The maximum Gasteiger partial charge on any atom is 0.308 e. The van der Waals surface area contributed by atoms with E-state index in [0.29, 0.717) is 31.1 Å². The average Bonchev–Trinajstić information content (AvgIpc) is 2.73. The molecule has 1 N–H and O–H groups in total. The quantitative estimate of drug-likeness (QED) is 0.931. The molecule has 5 heteroatoms. The first-order valence-electron chi connectivity index (χ1n) is 7.53. The van der Waals surface area contributed by atoms with Crippen molar-refractivity contribution in [1.82, 2.24) is 9.47 Å². The molecule has 1 aliphatic heterocycles. The zero-order chi connectivity index (χ0) is 15.7. The van der Waals surface area contributed by atoms with E-state index in [1.807, 2.05) is 19.9 Å². The smallest absolute Gasteiger partial charge is 0.308 e. The van der Waals surface area contributed by atoms with Crippen molar-refractivity contribution in [3.05, 3.63) is 23.0 Å². The second-order valence-corrected chi connectivity index (χ2v) is 6.18. The lowest BCUT2D eigenvalue weighted by Crippen LogP contribution is -2.42. The topological polar surface area (TPSA) is 62.5 Å². The molecule has 0 aromatic carbocycles. The molecule has 1 saturated heterocycles. The highest BCUT2D eigenvalue weighted by Gasteiger charge is 2.30. The molecule has 1 unspecified atom stereocenters. The summed E-state index contributed by atoms with van der Waals surface area (Å²) in [5, 5.41) is 9.14. The minimum Gasteiger partial charge on any atom is -0.481 e. The molecule has 1 fully saturated rings. The Labute approximate surface area is 125 Å². The molecular formula is C16H24N2O3. The highest BCUT2D eigenvalue weighted by atomic mass is 16.4. The Hall–Kier alpha value is -1.78. The second-order valence-electron chi connectivity index (χ2n) is 6.18. The van der Waals surface area contributed by atoms with E-state index in [4.69, 9.17) is 5.11 Å². The predicted molar refractivity (Wildman–Crippen MR) is 80.6 cm³/mol. The molecule has 1 aromatic rings. The van der Waals surface area contributed by atoms with Gasteiger partial charge < -0.3 is 14.6 Å². The van der Waals surface area contributed by atoms with Gasteiger partial charge in [0.2, 0.25) is 0 Å². The summed E-state index contributed by atoms with van der Waals surface area (Å²) in [6.07, 6.45) is 1.41. The Morgan fingerprint density at radius 1 is 1.33 bits per heavy atom. The number of nitrogens with zero attached hydrogens (tertiary/aromatic N) is 2. The Morgan fingerprint density at radius 3 is 2.52 bits per heavy atom. The predicted octanol–water partition coefficient (Wildman–Crippen LogP) is 2.62. The summed E-state index contributed by atoms with van der Waals surface area (Å²) in [7, 11) is 0. The number of carboxylic acids is 1. The minimum absolute atomic E-state index is 0.0408. The molecular weight excluding hydrogens is 268 g/mol. The molecule has 2 heterocycles. The number of hydrogen-bond donors (Lipinski definition) is 1. The summed E-state index contributed by atoms with van der Waals surface area (Å²) in [6, 6.07) is 2.22. The third kappa shape index (κ3) is 2.96. The zero-order valence-electron chi connectivity index (χ0n) is 13.2. The van der Waals surface area contributed by atoms with Crippen molar-refractivity contribution >= 4 is 11.9 Å². The van der Waals surface area contributed by atoms with Gasteiger partial charge in [0.05, 0.1) is 11.5 Å². The van der Waals surface area contributed by atoms with Crippen LogP contribution in [0.5, 0.6) is 0 Å². The normalized spacial score (nSPS) is 19.1. The number of hydrogen-bond acceptors (Lipinski definition) is 2. The van der Waals surface area contributed by atoms with Crippen molar-refractivity contribution < 1.29 is 14.7 Å². The van der Waals surface area contributed by atoms with E-state index in [2.05, 4.69) is 18.4 Å². The van der Waals surface area contributed by atoms with Crippen LogP contribution < -0.4 is 0 Å². The van der Waals surface area contributed by atoms with Gasteiger partial charge in [-0.05, 0) is 46.6 Å². The summed E-state index contributed by atoms with van der Waals surface area (Å²) < 4.78 is 2.14. The van der Waals surface area contributed by atoms with Crippen LogP contribution in [0.25, 0.3) is 0 Å². The minimum atomic E-state index is -0.805. The van der Waals surface area contributed by atoms with Crippen molar-refractivity contribution in [2.75, 3.05) is 13.1 Å². The Kier molecular flexibility index (Phi) is 4.40. The molecule has 0 spiro atoms. The van der Waals surface area contributed by atoms with Crippen molar-refractivity contribution in [2.45, 2.75) is 46.6 Å². The number of piperidine rings is 1. The van der Waals surface area contributed by atoms with Crippen LogP contribution in [0.15, 0.2) is 6.07 Å². The van der Waals surface area contributed by atoms with Crippen LogP contribution in [-0.2, 0) is 4.79 Å². The lowest BCUT2D eigenvalue weighted by Gasteiger charge is -2.30. The SMILES string of the molecule is Cc1cc(C(=O)N2CCCC(C(=O)O)C2)c(C)n1C(C)C. The van der Waals surface area contributed by atoms with E-state index >= 15 is 0 Å². The summed E-state index contributed by atoms with van der Waals surface area (Å²) in [4.78, 5) is 25.5. The number of aryl methyl sites for hydroxylation is 1. The van der Waals surface area contributed by atoms with Crippen LogP contribution in [0.1, 0.15) is 54.5 Å². The number of amides is 1. The third-order valence-electron chi connectivity index (χ3n) is 4.29. The van der Waals surface area contributed by atoms with Crippen molar-refractivity contribution in [1.29, 1.82) is 0 Å². The van der Waals surface area contributed by atoms with Crippen LogP contribution in [0.4, 0.5) is 0 Å². The summed E-state index contributed by atoms with van der Waals surface area (Å²) in [5.41, 5.74) is 2.73. The fraction of sp³-hybridized carbons (Fsp3) is 0.625. The van der Waals surface area contributed by atoms with Crippen LogP contribution >= 0.6 is 0 Å². The van der Waals surface area contributed by atoms with Gasteiger partial charge in [-0.25, -0.2) is 0 Å². The maximum atomic E-state index is 12.7. The van der Waals surface area contributed by atoms with Gasteiger partial charge in [0, 0.05) is 30.5 Å². The van der Waals surface area contributed by atoms with Crippen molar-refractivity contribution in [3.63, 3.8) is 0 Å². The summed E-state index contributed by atoms with van der Waals surface area (Å²) in [6.45, 7) is 9.11. The Bertz CT molecular complexity index is 560. The molecule has 0 aliphatic carbocycles. The van der Waals surface area contributed by atoms with E-state index in [0.717, 1.165) is 17.8 Å². The number of likely N-dealkylation sites (tertiary alicyclic amines) is 1. The molecule has 1 aromatic heterocycles. The fourth-order valence-electron chi connectivity index (χ4n) is 3.32. The van der Waals surface area contributed by atoms with Gasteiger partial charge >= 0.3 is 5.97 Å². The monoisotopic (exact) mass is 292 g/mol.